The summed E-state index contributed by atoms with van der Waals surface area (Å²) < 4.78 is 40.6. The average Bonchev–Trinajstić information content (AvgIpc) is 4.19. The highest BCUT2D eigenvalue weighted by molar-refractivity contribution is 6.11. The lowest BCUT2D eigenvalue weighted by atomic mass is 9.98. The largest absolute Gasteiger partial charge is 0.350 e. The van der Waals surface area contributed by atoms with E-state index in [2.05, 4.69) is 63.9 Å². The Morgan fingerprint density at radius 3 is 1.19 bits per heavy atom. The molecule has 4 atom stereocenters. The number of nitrogens with two attached hydrogens (primary N) is 2. The molecule has 2 aromatic heterocycles. The number of benzene rings is 6. The molecule has 2 aliphatic carbocycles. The fraction of sp³-hybridized carbons (Fsp3) is 0.276. The molecule has 2 amide bonds. The van der Waals surface area contributed by atoms with Gasteiger partial charge in [-0.15, -0.1) is 0 Å². The Labute approximate surface area is 402 Å². The van der Waals surface area contributed by atoms with Crippen molar-refractivity contribution >= 4 is 33.6 Å². The zero-order chi connectivity index (χ0) is 47.3. The van der Waals surface area contributed by atoms with Gasteiger partial charge < -0.3 is 32.1 Å². The van der Waals surface area contributed by atoms with E-state index < -0.39 is 0 Å². The van der Waals surface area contributed by atoms with Gasteiger partial charge >= 0.3 is 0 Å². The summed E-state index contributed by atoms with van der Waals surface area (Å²) in [6.45, 7) is 4.72. The maximum Gasteiger partial charge on any atom is 0.268 e. The topological polar surface area (TPSA) is 142 Å². The molecule has 8 aromatic rings. The second-order valence-electron chi connectivity index (χ2n) is 18.6. The Kier molecular flexibility index (Phi) is 15.2. The van der Waals surface area contributed by atoms with Gasteiger partial charge in [0.05, 0.1) is 0 Å². The van der Waals surface area contributed by atoms with E-state index in [0.717, 1.165) is 105 Å². The average molecular weight is 931 g/mol. The second kappa shape index (κ2) is 21.6. The molecule has 356 valence electrons. The molecular weight excluding hydrogens is 870 g/mol. The van der Waals surface area contributed by atoms with E-state index in [0.29, 0.717) is 61.2 Å². The summed E-state index contributed by atoms with van der Waals surface area (Å²) in [5.74, 6) is 0.752. The Morgan fingerprint density at radius 1 is 0.493 bits per heavy atom. The zero-order valence-corrected chi connectivity index (χ0v) is 38.2. The fourth-order valence-electron chi connectivity index (χ4n) is 10.1. The number of amides is 2. The molecule has 0 aliphatic heterocycles. The third kappa shape index (κ3) is 11.0. The fourth-order valence-corrected chi connectivity index (χ4v) is 10.1. The maximum atomic E-state index is 13.6. The molecule has 6 aromatic carbocycles. The molecule has 2 fully saturated rings. The number of hydrogen-bond acceptors (Lipinski definition) is 4. The van der Waals surface area contributed by atoms with Crippen LogP contribution in [-0.2, 0) is 0 Å². The Hall–Kier alpha value is -6.95. The van der Waals surface area contributed by atoms with E-state index in [-0.39, 0.29) is 36.7 Å². The van der Waals surface area contributed by atoms with E-state index in [9.17, 15) is 22.8 Å². The minimum absolute atomic E-state index is 0. The van der Waals surface area contributed by atoms with Gasteiger partial charge in [0, 0.05) is 46.0 Å². The van der Waals surface area contributed by atoms with Gasteiger partial charge in [-0.25, -0.2) is 13.2 Å². The van der Waals surface area contributed by atoms with Gasteiger partial charge in [0.1, 0.15) is 28.8 Å². The Morgan fingerprint density at radius 2 is 0.826 bits per heavy atom. The molecule has 11 heteroatoms. The summed E-state index contributed by atoms with van der Waals surface area (Å²) in [5, 5.41) is 8.04. The second-order valence-corrected chi connectivity index (χ2v) is 18.6. The molecule has 0 unspecified atom stereocenters. The number of fused-ring (bicyclic) bond motifs is 2. The van der Waals surface area contributed by atoms with E-state index in [4.69, 9.17) is 11.5 Å². The highest BCUT2D eigenvalue weighted by atomic mass is 19.1. The third-order valence-electron chi connectivity index (χ3n) is 13.9. The predicted octanol–water partition coefficient (Wildman–Crippen LogP) is 12.6. The molecule has 2 heterocycles. The predicted molar refractivity (Wildman–Crippen MR) is 274 cm³/mol. The number of aryl methyl sites for hydroxylation is 1. The first-order valence-electron chi connectivity index (χ1n) is 23.7. The van der Waals surface area contributed by atoms with Crippen LogP contribution in [0.2, 0.25) is 0 Å². The van der Waals surface area contributed by atoms with Gasteiger partial charge in [-0.2, -0.15) is 0 Å². The normalized spacial score (nSPS) is 17.6. The lowest BCUT2D eigenvalue weighted by Gasteiger charge is -2.12. The van der Waals surface area contributed by atoms with Crippen molar-refractivity contribution in [1.29, 1.82) is 0 Å². The number of halogens is 3. The van der Waals surface area contributed by atoms with Gasteiger partial charge in [-0.1, -0.05) is 97.9 Å². The summed E-state index contributed by atoms with van der Waals surface area (Å²) in [6, 6.07) is 39.2. The van der Waals surface area contributed by atoms with Crippen molar-refractivity contribution in [3.8, 4) is 44.5 Å². The molecule has 10 rings (SSSR count). The summed E-state index contributed by atoms with van der Waals surface area (Å²) in [5.41, 5.74) is 22.6. The van der Waals surface area contributed by atoms with Crippen LogP contribution in [0, 0.1) is 48.0 Å². The van der Waals surface area contributed by atoms with Gasteiger partial charge in [0.2, 0.25) is 0 Å². The maximum absolute atomic E-state index is 13.6. The van der Waals surface area contributed by atoms with E-state index >= 15 is 0 Å². The van der Waals surface area contributed by atoms with Crippen LogP contribution in [-0.4, -0.2) is 48.0 Å². The number of H-pyrrole nitrogens is 2. The quantitative estimate of drug-likeness (QED) is 0.0725. The zero-order valence-electron chi connectivity index (χ0n) is 38.2. The van der Waals surface area contributed by atoms with Gasteiger partial charge in [0.15, 0.2) is 0 Å². The number of nitrogens with one attached hydrogen (secondary N) is 4. The summed E-state index contributed by atoms with van der Waals surface area (Å²) in [7, 11) is 0. The minimum atomic E-state index is -0.330. The third-order valence-corrected chi connectivity index (χ3v) is 13.9. The molecule has 0 saturated heterocycles. The molecule has 8 nitrogen and oxygen atoms in total. The van der Waals surface area contributed by atoms with Crippen molar-refractivity contribution < 1.29 is 22.8 Å². The number of carbonyl (C=O) groups excluding carboxylic acids is 2. The lowest BCUT2D eigenvalue weighted by Crippen LogP contribution is -2.29. The standard InChI is InChI=1S/C29H30FN3O.C28H27F2N3O.CH4/c1-18-2-6-21(7-3-18)23-10-13-25-26(15-23)33-28(27(25)22-8-11-24(30)12-9-22)29(34)32-17-20-5-4-19(14-20)16-31;29-22-8-3-19(4-9-22)21-7-12-24-25(14-21)33-27(26(24)20-5-10-23(30)11-6-20)28(34)32-16-18-2-1-17(13-18)15-31;/h2-3,6-13,15,19-20,33H,4-5,14,16-17,31H2,1H3,(H,32,34);3-12,14,17-18,33H,1-2,13,15-16,31H2,(H,32,34);1H4/t19-,20-;17-,18+;/m01./s1. The minimum Gasteiger partial charge on any atom is -0.350 e. The first-order valence-corrected chi connectivity index (χ1v) is 23.7. The van der Waals surface area contributed by atoms with Crippen molar-refractivity contribution in [3.63, 3.8) is 0 Å². The summed E-state index contributed by atoms with van der Waals surface area (Å²) in [4.78, 5) is 33.3. The van der Waals surface area contributed by atoms with Crippen LogP contribution in [0.3, 0.4) is 0 Å². The van der Waals surface area contributed by atoms with Gasteiger partial charge in [-0.3, -0.25) is 9.59 Å². The molecule has 2 saturated carbocycles. The van der Waals surface area contributed by atoms with E-state index in [1.807, 2.05) is 24.3 Å². The highest BCUT2D eigenvalue weighted by Crippen LogP contribution is 2.38. The van der Waals surface area contributed by atoms with Crippen molar-refractivity contribution in [1.82, 2.24) is 20.6 Å². The summed E-state index contributed by atoms with van der Waals surface area (Å²) >= 11 is 0. The summed E-state index contributed by atoms with van der Waals surface area (Å²) in [6.07, 6.45) is 6.51. The van der Waals surface area contributed by atoms with Crippen LogP contribution >= 0.6 is 0 Å². The van der Waals surface area contributed by atoms with Crippen LogP contribution in [0.1, 0.15) is 72.5 Å². The van der Waals surface area contributed by atoms with Crippen molar-refractivity contribution in [3.05, 3.63) is 168 Å². The first kappa shape index (κ1) is 48.5. The van der Waals surface area contributed by atoms with E-state index in [1.165, 1.54) is 42.0 Å². The SMILES string of the molecule is C.Cc1ccc(-c2ccc3c(-c4ccc(F)cc4)c(C(=O)NC[C@H]4CC[C@H](CN)C4)[nH]c3c2)cc1.NC[C@@H]1CC[C@H](CNC(=O)c2[nH]c3cc(-c4ccc(F)cc4)ccc3c2-c2ccc(F)cc2)C1. The molecule has 0 bridgehead atoms. The van der Waals surface area contributed by atoms with Crippen LogP contribution in [0.5, 0.6) is 0 Å². The number of aromatic amines is 2. The highest BCUT2D eigenvalue weighted by Gasteiger charge is 2.27. The smallest absolute Gasteiger partial charge is 0.268 e. The molecule has 2 aliphatic rings. The van der Waals surface area contributed by atoms with E-state index in [1.54, 1.807) is 36.4 Å². The van der Waals surface area contributed by atoms with Crippen molar-refractivity contribution in [2.45, 2.75) is 52.9 Å². The number of aromatic nitrogens is 2. The van der Waals surface area contributed by atoms with Crippen molar-refractivity contribution in [2.24, 2.45) is 35.1 Å². The number of rotatable bonds is 12. The van der Waals surface area contributed by atoms with Crippen LogP contribution in [0.4, 0.5) is 13.2 Å². The molecule has 8 N–H and O–H groups in total. The van der Waals surface area contributed by atoms with Gasteiger partial charge in [0.25, 0.3) is 11.8 Å². The number of hydrogen-bond donors (Lipinski definition) is 6. The molecule has 69 heavy (non-hydrogen) atoms. The van der Waals surface area contributed by atoms with Crippen LogP contribution < -0.4 is 22.1 Å². The first-order chi connectivity index (χ1) is 33.0. The van der Waals surface area contributed by atoms with Gasteiger partial charge in [-0.05, 0) is 164 Å². The Balaban J connectivity index is 0.000000183. The number of carbonyl (C=O) groups is 2. The molecular formula is C58H61F3N6O2. The van der Waals surface area contributed by atoms with Crippen LogP contribution in [0.25, 0.3) is 66.3 Å². The Bertz CT molecular complexity index is 2830. The monoisotopic (exact) mass is 930 g/mol. The lowest BCUT2D eigenvalue weighted by molar-refractivity contribution is 0.0935. The molecule has 0 radical (unpaired) electrons. The van der Waals surface area contributed by atoms with Crippen molar-refractivity contribution in [2.75, 3.05) is 26.2 Å². The molecule has 0 spiro atoms. The van der Waals surface area contributed by atoms with Crippen LogP contribution in [0.15, 0.2) is 133 Å².